The summed E-state index contributed by atoms with van der Waals surface area (Å²) in [5.41, 5.74) is 1.79. The average Bonchev–Trinajstić information content (AvgIpc) is 3.09. The molecule has 0 saturated heterocycles. The molecule has 0 atom stereocenters. The van der Waals surface area contributed by atoms with Crippen molar-refractivity contribution in [3.05, 3.63) is 89.1 Å². The number of hydrogen-bond acceptors (Lipinski definition) is 3. The quantitative estimate of drug-likeness (QED) is 0.398. The van der Waals surface area contributed by atoms with Crippen molar-refractivity contribution in [3.63, 3.8) is 0 Å². The zero-order valence-electron chi connectivity index (χ0n) is 11.7. The fraction of sp³-hybridized carbons (Fsp3) is 0. The van der Waals surface area contributed by atoms with E-state index in [-0.39, 0.29) is 5.78 Å². The molecular weight excluding hydrogens is 294 g/mol. The minimum atomic E-state index is -0.186. The van der Waals surface area contributed by atoms with Crippen molar-refractivity contribution in [3.8, 4) is 5.69 Å². The van der Waals surface area contributed by atoms with E-state index in [1.54, 1.807) is 18.2 Å². The largest absolute Gasteiger partial charge is 0.461 e. The molecule has 0 aliphatic heterocycles. The molecule has 0 bridgehead atoms. The fourth-order valence-corrected chi connectivity index (χ4v) is 2.40. The fourth-order valence-electron chi connectivity index (χ4n) is 2.10. The topological polar surface area (TPSA) is 35.1 Å². The number of carbonyl (C=O) groups excluding carboxylic acids is 1. The van der Waals surface area contributed by atoms with E-state index < -0.39 is 0 Å². The molecule has 0 fully saturated rings. The van der Waals surface area contributed by atoms with Gasteiger partial charge in [0.25, 0.3) is 0 Å². The van der Waals surface area contributed by atoms with Gasteiger partial charge in [-0.2, -0.15) is 0 Å². The van der Waals surface area contributed by atoms with Crippen LogP contribution in [-0.2, 0) is 0 Å². The molecule has 2 heterocycles. The third-order valence-corrected chi connectivity index (χ3v) is 3.62. The minimum absolute atomic E-state index is 0.186. The van der Waals surface area contributed by atoms with Crippen LogP contribution in [0.15, 0.2) is 77.6 Å². The lowest BCUT2D eigenvalue weighted by Crippen LogP contribution is -1.98. The predicted octanol–water partition coefficient (Wildman–Crippen LogP) is 4.70. The number of benzene rings is 1. The van der Waals surface area contributed by atoms with Gasteiger partial charge in [-0.3, -0.25) is 4.79 Å². The molecule has 0 N–H and O–H groups in total. The Hall–Kier alpha value is -2.72. The van der Waals surface area contributed by atoms with Crippen LogP contribution in [0.1, 0.15) is 16.1 Å². The van der Waals surface area contributed by atoms with E-state index in [0.717, 1.165) is 11.3 Å². The Morgan fingerprint density at radius 3 is 2.59 bits per heavy atom. The summed E-state index contributed by atoms with van der Waals surface area (Å²) in [5.74, 6) is 0.128. The van der Waals surface area contributed by atoms with Crippen LogP contribution in [0.3, 0.4) is 0 Å². The third-order valence-electron chi connectivity index (χ3n) is 3.19. The van der Waals surface area contributed by atoms with E-state index in [0.29, 0.717) is 10.4 Å². The van der Waals surface area contributed by atoms with Gasteiger partial charge in [0.2, 0.25) is 5.78 Å². The maximum Gasteiger partial charge on any atom is 0.221 e. The zero-order valence-corrected chi connectivity index (χ0v) is 12.5. The molecule has 108 valence electrons. The summed E-state index contributed by atoms with van der Waals surface area (Å²) >= 11 is 5.50. The van der Waals surface area contributed by atoms with Gasteiger partial charge in [0, 0.05) is 17.4 Å². The van der Waals surface area contributed by atoms with Gasteiger partial charge in [0.05, 0.1) is 6.26 Å². The molecule has 0 amide bonds. The molecule has 0 spiro atoms. The molecule has 0 aliphatic rings. The highest BCUT2D eigenvalue weighted by atomic mass is 32.1. The molecule has 0 radical (unpaired) electrons. The van der Waals surface area contributed by atoms with E-state index in [2.05, 4.69) is 0 Å². The van der Waals surface area contributed by atoms with Gasteiger partial charge in [0.15, 0.2) is 5.76 Å². The molecular formula is C18H13NO2S. The molecule has 3 rings (SSSR count). The van der Waals surface area contributed by atoms with Crippen molar-refractivity contribution in [2.24, 2.45) is 0 Å². The number of ketones is 1. The SMILES string of the molecule is O=C(/C=C/c1cccn(-c2ccccc2)c1=S)c1ccco1. The van der Waals surface area contributed by atoms with Crippen molar-refractivity contribution in [1.29, 1.82) is 0 Å². The lowest BCUT2D eigenvalue weighted by Gasteiger charge is -2.08. The average molecular weight is 307 g/mol. The van der Waals surface area contributed by atoms with Crippen molar-refractivity contribution >= 4 is 24.1 Å². The number of furan rings is 1. The Bertz CT molecular complexity index is 862. The van der Waals surface area contributed by atoms with Gasteiger partial charge in [-0.15, -0.1) is 0 Å². The molecule has 0 unspecified atom stereocenters. The maximum atomic E-state index is 11.9. The van der Waals surface area contributed by atoms with Crippen LogP contribution in [0.4, 0.5) is 0 Å². The summed E-state index contributed by atoms with van der Waals surface area (Å²) in [6, 6.07) is 16.9. The van der Waals surface area contributed by atoms with Gasteiger partial charge in [0.1, 0.15) is 4.64 Å². The number of carbonyl (C=O) groups is 1. The lowest BCUT2D eigenvalue weighted by atomic mass is 10.2. The van der Waals surface area contributed by atoms with Crippen LogP contribution in [0.2, 0.25) is 0 Å². The Balaban J connectivity index is 1.93. The Labute approximate surface area is 133 Å². The van der Waals surface area contributed by atoms with E-state index in [4.69, 9.17) is 16.6 Å². The second kappa shape index (κ2) is 6.37. The van der Waals surface area contributed by atoms with Gasteiger partial charge in [-0.25, -0.2) is 0 Å². The number of aromatic nitrogens is 1. The molecule has 2 aromatic heterocycles. The van der Waals surface area contributed by atoms with E-state index in [1.807, 2.05) is 53.2 Å². The monoisotopic (exact) mass is 307 g/mol. The van der Waals surface area contributed by atoms with Crippen LogP contribution in [0.5, 0.6) is 0 Å². The van der Waals surface area contributed by atoms with Crippen LogP contribution in [0, 0.1) is 4.64 Å². The van der Waals surface area contributed by atoms with Crippen molar-refractivity contribution in [2.75, 3.05) is 0 Å². The molecule has 1 aromatic carbocycles. The van der Waals surface area contributed by atoms with E-state index >= 15 is 0 Å². The van der Waals surface area contributed by atoms with Crippen LogP contribution >= 0.6 is 12.2 Å². The van der Waals surface area contributed by atoms with Gasteiger partial charge in [-0.05, 0) is 42.5 Å². The molecule has 3 nitrogen and oxygen atoms in total. The van der Waals surface area contributed by atoms with Crippen molar-refractivity contribution < 1.29 is 9.21 Å². The van der Waals surface area contributed by atoms with E-state index in [9.17, 15) is 4.79 Å². The molecule has 22 heavy (non-hydrogen) atoms. The Kier molecular flexibility index (Phi) is 4.12. The summed E-state index contributed by atoms with van der Waals surface area (Å²) in [6.45, 7) is 0. The van der Waals surface area contributed by atoms with Crippen LogP contribution in [0.25, 0.3) is 11.8 Å². The van der Waals surface area contributed by atoms with Crippen LogP contribution < -0.4 is 0 Å². The smallest absolute Gasteiger partial charge is 0.221 e. The summed E-state index contributed by atoms with van der Waals surface area (Å²) in [7, 11) is 0. The van der Waals surface area contributed by atoms with Gasteiger partial charge < -0.3 is 8.98 Å². The number of hydrogen-bond donors (Lipinski definition) is 0. The minimum Gasteiger partial charge on any atom is -0.461 e. The number of allylic oxidation sites excluding steroid dienone is 1. The number of rotatable bonds is 4. The predicted molar refractivity (Wildman–Crippen MR) is 88.7 cm³/mol. The first-order valence-electron chi connectivity index (χ1n) is 6.79. The molecule has 0 aliphatic carbocycles. The van der Waals surface area contributed by atoms with Crippen molar-refractivity contribution in [2.45, 2.75) is 0 Å². The van der Waals surface area contributed by atoms with Crippen LogP contribution in [-0.4, -0.2) is 10.4 Å². The second-order valence-electron chi connectivity index (χ2n) is 4.65. The summed E-state index contributed by atoms with van der Waals surface area (Å²) in [4.78, 5) is 11.9. The summed E-state index contributed by atoms with van der Waals surface area (Å²) in [6.07, 6.45) is 6.57. The zero-order chi connectivity index (χ0) is 15.4. The Morgan fingerprint density at radius 1 is 1.05 bits per heavy atom. The van der Waals surface area contributed by atoms with Crippen molar-refractivity contribution in [1.82, 2.24) is 4.57 Å². The second-order valence-corrected chi connectivity index (χ2v) is 5.04. The first-order valence-corrected chi connectivity index (χ1v) is 7.19. The third kappa shape index (κ3) is 2.97. The molecule has 0 saturated carbocycles. The van der Waals surface area contributed by atoms with Gasteiger partial charge in [-0.1, -0.05) is 36.5 Å². The molecule has 4 heteroatoms. The standard InChI is InChI=1S/C18H13NO2S/c20-16(17-9-5-13-21-17)11-10-14-6-4-12-19(18(14)22)15-7-2-1-3-8-15/h1-13H/b11-10+. The first kappa shape index (κ1) is 14.2. The highest BCUT2D eigenvalue weighted by Gasteiger charge is 2.04. The molecule has 3 aromatic rings. The number of pyridine rings is 1. The van der Waals surface area contributed by atoms with E-state index in [1.165, 1.54) is 12.3 Å². The normalized spacial score (nSPS) is 10.9. The first-order chi connectivity index (χ1) is 10.8. The number of nitrogens with zero attached hydrogens (tertiary/aromatic N) is 1. The maximum absolute atomic E-state index is 11.9. The Morgan fingerprint density at radius 2 is 1.86 bits per heavy atom. The highest BCUT2D eigenvalue weighted by molar-refractivity contribution is 7.71. The summed E-state index contributed by atoms with van der Waals surface area (Å²) in [5, 5.41) is 0. The number of para-hydroxylation sites is 1. The van der Waals surface area contributed by atoms with Gasteiger partial charge >= 0.3 is 0 Å². The lowest BCUT2D eigenvalue weighted by molar-refractivity contribution is 0.102. The highest BCUT2D eigenvalue weighted by Crippen LogP contribution is 2.13. The summed E-state index contributed by atoms with van der Waals surface area (Å²) < 4.78 is 7.63.